The van der Waals surface area contributed by atoms with E-state index in [-0.39, 0.29) is 0 Å². The van der Waals surface area contributed by atoms with Gasteiger partial charge < -0.3 is 5.73 Å². The Bertz CT molecular complexity index is 233. The Morgan fingerprint density at radius 2 is 2.36 bits per heavy atom. The maximum Gasteiger partial charge on any atom is 0.126 e. The van der Waals surface area contributed by atoms with E-state index in [4.69, 9.17) is 5.73 Å². The third-order valence-corrected chi connectivity index (χ3v) is 2.01. The van der Waals surface area contributed by atoms with Crippen molar-refractivity contribution in [3.05, 3.63) is 23.9 Å². The minimum absolute atomic E-state index is 0.517. The van der Waals surface area contributed by atoms with E-state index in [1.807, 2.05) is 12.1 Å². The Hall–Kier alpha value is -1.05. The molecule has 1 heterocycles. The number of nitrogens with zero attached hydrogens (tertiary/aromatic N) is 1. The molecule has 2 nitrogen and oxygen atoms in total. The van der Waals surface area contributed by atoms with Crippen LogP contribution in [0.4, 0.5) is 5.82 Å². The molecule has 0 aromatic carbocycles. The molecule has 1 aromatic rings. The fourth-order valence-corrected chi connectivity index (χ4v) is 1.07. The van der Waals surface area contributed by atoms with Crippen molar-refractivity contribution in [2.45, 2.75) is 26.2 Å². The van der Waals surface area contributed by atoms with Crippen LogP contribution in [0.15, 0.2) is 18.3 Å². The first-order valence-electron chi connectivity index (χ1n) is 3.96. The lowest BCUT2D eigenvalue weighted by molar-refractivity contribution is 0.732. The van der Waals surface area contributed by atoms with Crippen LogP contribution in [-0.2, 0) is 0 Å². The second-order valence-electron chi connectivity index (χ2n) is 2.79. The van der Waals surface area contributed by atoms with Gasteiger partial charge in [0.25, 0.3) is 0 Å². The minimum Gasteiger partial charge on any atom is -0.383 e. The highest BCUT2D eigenvalue weighted by Crippen LogP contribution is 2.21. The second-order valence-corrected chi connectivity index (χ2v) is 2.79. The molecule has 1 aromatic heterocycles. The number of aromatic nitrogens is 1. The summed E-state index contributed by atoms with van der Waals surface area (Å²) in [5.74, 6) is 1.19. The number of nitrogen functional groups attached to an aromatic ring is 1. The van der Waals surface area contributed by atoms with E-state index < -0.39 is 0 Å². The first kappa shape index (κ1) is 8.05. The van der Waals surface area contributed by atoms with Crippen molar-refractivity contribution >= 4 is 5.82 Å². The van der Waals surface area contributed by atoms with E-state index in [1.54, 1.807) is 6.20 Å². The van der Waals surface area contributed by atoms with Gasteiger partial charge in [0.2, 0.25) is 0 Å². The molecule has 0 aliphatic heterocycles. The molecular formula is C9H14N2. The average molecular weight is 150 g/mol. The predicted octanol–water partition coefficient (Wildman–Crippen LogP) is 2.18. The number of hydrogen-bond acceptors (Lipinski definition) is 2. The summed E-state index contributed by atoms with van der Waals surface area (Å²) < 4.78 is 0. The van der Waals surface area contributed by atoms with Gasteiger partial charge in [-0.1, -0.05) is 19.9 Å². The Kier molecular flexibility index (Phi) is 2.47. The summed E-state index contributed by atoms with van der Waals surface area (Å²) >= 11 is 0. The standard InChI is InChI=1S/C9H14N2/c1-3-7(2)8-5-4-6-11-9(8)10/h4-7H,3H2,1-2H3,(H2,10,11)/t7-/m0/s1. The van der Waals surface area contributed by atoms with E-state index in [0.717, 1.165) is 12.0 Å². The fraction of sp³-hybridized carbons (Fsp3) is 0.444. The van der Waals surface area contributed by atoms with Crippen LogP contribution in [0, 0.1) is 0 Å². The third-order valence-electron chi connectivity index (χ3n) is 2.01. The molecule has 0 saturated heterocycles. The van der Waals surface area contributed by atoms with Crippen LogP contribution in [0.5, 0.6) is 0 Å². The van der Waals surface area contributed by atoms with E-state index in [9.17, 15) is 0 Å². The predicted molar refractivity (Wildman–Crippen MR) is 47.4 cm³/mol. The molecule has 0 radical (unpaired) electrons. The van der Waals surface area contributed by atoms with Crippen LogP contribution in [0.3, 0.4) is 0 Å². The Balaban J connectivity index is 2.93. The van der Waals surface area contributed by atoms with Gasteiger partial charge in [-0.05, 0) is 24.0 Å². The smallest absolute Gasteiger partial charge is 0.126 e. The van der Waals surface area contributed by atoms with Gasteiger partial charge in [-0.3, -0.25) is 0 Å². The molecule has 11 heavy (non-hydrogen) atoms. The quantitative estimate of drug-likeness (QED) is 0.701. The van der Waals surface area contributed by atoms with Crippen LogP contribution in [-0.4, -0.2) is 4.98 Å². The number of pyridine rings is 1. The molecule has 0 fully saturated rings. The summed E-state index contributed by atoms with van der Waals surface area (Å²) in [6, 6.07) is 3.97. The number of anilines is 1. The zero-order chi connectivity index (χ0) is 8.27. The minimum atomic E-state index is 0.517. The SMILES string of the molecule is CC[C@H](C)c1cccnc1N. The summed E-state index contributed by atoms with van der Waals surface area (Å²) in [7, 11) is 0. The van der Waals surface area contributed by atoms with Crippen LogP contribution in [0.25, 0.3) is 0 Å². The van der Waals surface area contributed by atoms with Gasteiger partial charge in [-0.2, -0.15) is 0 Å². The van der Waals surface area contributed by atoms with Crippen molar-refractivity contribution in [3.63, 3.8) is 0 Å². The Morgan fingerprint density at radius 3 is 2.91 bits per heavy atom. The van der Waals surface area contributed by atoms with Gasteiger partial charge in [0, 0.05) is 6.20 Å². The molecule has 60 valence electrons. The topological polar surface area (TPSA) is 38.9 Å². The van der Waals surface area contributed by atoms with Crippen molar-refractivity contribution in [1.82, 2.24) is 4.98 Å². The van der Waals surface area contributed by atoms with Crippen molar-refractivity contribution in [2.24, 2.45) is 0 Å². The van der Waals surface area contributed by atoms with Gasteiger partial charge in [0.15, 0.2) is 0 Å². The van der Waals surface area contributed by atoms with Gasteiger partial charge in [-0.15, -0.1) is 0 Å². The molecule has 0 aliphatic carbocycles. The fourth-order valence-electron chi connectivity index (χ4n) is 1.07. The Morgan fingerprint density at radius 1 is 1.64 bits per heavy atom. The lowest BCUT2D eigenvalue weighted by atomic mass is 10.00. The van der Waals surface area contributed by atoms with Gasteiger partial charge in [0.05, 0.1) is 0 Å². The highest BCUT2D eigenvalue weighted by molar-refractivity contribution is 5.40. The number of nitrogens with two attached hydrogens (primary N) is 1. The summed E-state index contributed by atoms with van der Waals surface area (Å²) in [4.78, 5) is 4.03. The van der Waals surface area contributed by atoms with E-state index in [2.05, 4.69) is 18.8 Å². The highest BCUT2D eigenvalue weighted by Gasteiger charge is 2.05. The van der Waals surface area contributed by atoms with Crippen molar-refractivity contribution < 1.29 is 0 Å². The third kappa shape index (κ3) is 1.70. The molecule has 0 aliphatic rings. The largest absolute Gasteiger partial charge is 0.383 e. The molecule has 0 bridgehead atoms. The van der Waals surface area contributed by atoms with E-state index in [0.29, 0.717) is 11.7 Å². The summed E-state index contributed by atoms with van der Waals surface area (Å²) in [5.41, 5.74) is 6.85. The van der Waals surface area contributed by atoms with Crippen LogP contribution >= 0.6 is 0 Å². The number of hydrogen-bond donors (Lipinski definition) is 1. The maximum atomic E-state index is 5.69. The molecule has 1 atom stereocenters. The number of rotatable bonds is 2. The van der Waals surface area contributed by atoms with Gasteiger partial charge in [-0.25, -0.2) is 4.98 Å². The van der Waals surface area contributed by atoms with E-state index in [1.165, 1.54) is 0 Å². The normalized spacial score (nSPS) is 12.9. The molecular weight excluding hydrogens is 136 g/mol. The molecule has 0 amide bonds. The summed E-state index contributed by atoms with van der Waals surface area (Å²) in [6.45, 7) is 4.31. The van der Waals surface area contributed by atoms with Crippen molar-refractivity contribution in [3.8, 4) is 0 Å². The Labute approximate surface area is 67.5 Å². The van der Waals surface area contributed by atoms with Gasteiger partial charge in [0.1, 0.15) is 5.82 Å². The lowest BCUT2D eigenvalue weighted by Crippen LogP contribution is -1.99. The highest BCUT2D eigenvalue weighted by atomic mass is 14.8. The molecule has 2 heteroatoms. The second kappa shape index (κ2) is 3.37. The van der Waals surface area contributed by atoms with Crippen molar-refractivity contribution in [1.29, 1.82) is 0 Å². The zero-order valence-corrected chi connectivity index (χ0v) is 7.04. The lowest BCUT2D eigenvalue weighted by Gasteiger charge is -2.09. The maximum absolute atomic E-state index is 5.69. The summed E-state index contributed by atoms with van der Waals surface area (Å²) in [6.07, 6.45) is 2.83. The average Bonchev–Trinajstić information content (AvgIpc) is 2.04. The van der Waals surface area contributed by atoms with Crippen LogP contribution in [0.2, 0.25) is 0 Å². The molecule has 1 rings (SSSR count). The van der Waals surface area contributed by atoms with E-state index >= 15 is 0 Å². The first-order valence-corrected chi connectivity index (χ1v) is 3.96. The molecule has 0 spiro atoms. The van der Waals surface area contributed by atoms with Crippen LogP contribution < -0.4 is 5.73 Å². The molecule has 2 N–H and O–H groups in total. The first-order chi connectivity index (χ1) is 5.25. The monoisotopic (exact) mass is 150 g/mol. The molecule has 0 unspecified atom stereocenters. The summed E-state index contributed by atoms with van der Waals surface area (Å²) in [5, 5.41) is 0. The van der Waals surface area contributed by atoms with Crippen molar-refractivity contribution in [2.75, 3.05) is 5.73 Å². The zero-order valence-electron chi connectivity index (χ0n) is 7.04. The van der Waals surface area contributed by atoms with Gasteiger partial charge >= 0.3 is 0 Å². The van der Waals surface area contributed by atoms with Crippen LogP contribution in [0.1, 0.15) is 31.7 Å². The molecule has 0 saturated carbocycles.